The fourth-order valence-electron chi connectivity index (χ4n) is 4.16. The average Bonchev–Trinajstić information content (AvgIpc) is 2.67. The van der Waals surface area contributed by atoms with Gasteiger partial charge in [0.15, 0.2) is 5.78 Å². The molecule has 0 aromatic heterocycles. The Hall–Kier alpha value is -3.09. The molecule has 0 spiro atoms. The maximum atomic E-state index is 13.4. The molecule has 0 radical (unpaired) electrons. The summed E-state index contributed by atoms with van der Waals surface area (Å²) in [5.74, 6) is -3.25. The van der Waals surface area contributed by atoms with Crippen LogP contribution >= 0.6 is 0 Å². The van der Waals surface area contributed by atoms with Crippen LogP contribution in [0.25, 0.3) is 0 Å². The number of ether oxygens (including phenoxy) is 2. The highest BCUT2D eigenvalue weighted by molar-refractivity contribution is 6.12. The van der Waals surface area contributed by atoms with E-state index in [4.69, 9.17) is 9.47 Å². The van der Waals surface area contributed by atoms with E-state index in [-0.39, 0.29) is 24.1 Å². The Morgan fingerprint density at radius 1 is 1.24 bits per heavy atom. The van der Waals surface area contributed by atoms with E-state index in [2.05, 4.69) is 5.32 Å². The number of benzene rings is 1. The zero-order chi connectivity index (χ0) is 21.3. The predicted octanol–water partition coefficient (Wildman–Crippen LogP) is 2.57. The molecule has 0 saturated heterocycles. The monoisotopic (exact) mass is 399 g/mol. The lowest BCUT2D eigenvalue weighted by molar-refractivity contribution is -0.151. The normalized spacial score (nSPS) is 24.0. The third-order valence-electron chi connectivity index (χ3n) is 5.46. The first-order valence-electron chi connectivity index (χ1n) is 9.59. The lowest BCUT2D eigenvalue weighted by Gasteiger charge is -2.38. The number of rotatable bonds is 4. The lowest BCUT2D eigenvalue weighted by Crippen LogP contribution is -2.43. The quantitative estimate of drug-likeness (QED) is 0.593. The van der Waals surface area contributed by atoms with Crippen LogP contribution in [0, 0.1) is 11.8 Å². The first-order chi connectivity index (χ1) is 13.8. The van der Waals surface area contributed by atoms with Gasteiger partial charge in [0.25, 0.3) is 0 Å². The number of dihydropyridines is 1. The van der Waals surface area contributed by atoms with Gasteiger partial charge >= 0.3 is 11.9 Å². The highest BCUT2D eigenvalue weighted by Gasteiger charge is 2.47. The number of aromatic hydroxyl groups is 1. The third-order valence-corrected chi connectivity index (χ3v) is 5.46. The van der Waals surface area contributed by atoms with Crippen molar-refractivity contribution in [2.45, 2.75) is 33.1 Å². The van der Waals surface area contributed by atoms with Gasteiger partial charge in [0.05, 0.1) is 19.3 Å². The zero-order valence-electron chi connectivity index (χ0n) is 16.9. The molecule has 0 amide bonds. The molecule has 3 atom stereocenters. The van der Waals surface area contributed by atoms with Gasteiger partial charge in [0.1, 0.15) is 11.7 Å². The minimum Gasteiger partial charge on any atom is -0.508 e. The minimum absolute atomic E-state index is 0.0753. The molecule has 0 bridgehead atoms. The first kappa shape index (κ1) is 20.6. The molecule has 7 nitrogen and oxygen atoms in total. The molecular formula is C22H25NO6. The van der Waals surface area contributed by atoms with E-state index >= 15 is 0 Å². The zero-order valence-corrected chi connectivity index (χ0v) is 16.9. The van der Waals surface area contributed by atoms with Crippen molar-refractivity contribution in [3.05, 3.63) is 52.4 Å². The number of esters is 2. The van der Waals surface area contributed by atoms with Gasteiger partial charge < -0.3 is 19.9 Å². The summed E-state index contributed by atoms with van der Waals surface area (Å²) in [5, 5.41) is 12.9. The van der Waals surface area contributed by atoms with Crippen LogP contribution in [-0.4, -0.2) is 36.5 Å². The maximum Gasteiger partial charge on any atom is 0.336 e. The largest absolute Gasteiger partial charge is 0.508 e. The van der Waals surface area contributed by atoms with Crippen LogP contribution in [0.4, 0.5) is 0 Å². The van der Waals surface area contributed by atoms with Crippen LogP contribution in [0.15, 0.2) is 46.8 Å². The molecule has 1 aromatic carbocycles. The SMILES string of the molecule is CCOC(=O)C1=C(C)NC2=C(C(=O)[C@@H](C(=O)OC)[C@@H](C)C2)[C@H]1c1ccc(O)cc1. The van der Waals surface area contributed by atoms with E-state index in [1.165, 1.54) is 19.2 Å². The van der Waals surface area contributed by atoms with Crippen molar-refractivity contribution in [3.8, 4) is 5.75 Å². The molecular weight excluding hydrogens is 374 g/mol. The van der Waals surface area contributed by atoms with Gasteiger partial charge in [0.2, 0.25) is 0 Å². The number of phenolic OH excluding ortho intramolecular Hbond substituents is 1. The molecule has 3 rings (SSSR count). The van der Waals surface area contributed by atoms with Crippen LogP contribution in [0.2, 0.25) is 0 Å². The molecule has 2 aliphatic rings. The molecule has 29 heavy (non-hydrogen) atoms. The van der Waals surface area contributed by atoms with Crippen LogP contribution in [0.5, 0.6) is 5.75 Å². The smallest absolute Gasteiger partial charge is 0.336 e. The van der Waals surface area contributed by atoms with Gasteiger partial charge in [-0.2, -0.15) is 0 Å². The predicted molar refractivity (Wildman–Crippen MR) is 105 cm³/mol. The number of carbonyl (C=O) groups is 3. The number of allylic oxidation sites excluding steroid dienone is 3. The molecule has 1 aliphatic heterocycles. The first-order valence-corrected chi connectivity index (χ1v) is 9.59. The standard InChI is InChI=1S/C22H25NO6/c1-5-29-22(27)17-12(3)23-15-10-11(2)16(21(26)28-4)20(25)19(15)18(17)13-6-8-14(24)9-7-13/h6-9,11,16,18,23-24H,5,10H2,1-4H3/t11-,16-,18-/m0/s1. The van der Waals surface area contributed by atoms with Gasteiger partial charge in [-0.15, -0.1) is 0 Å². The molecule has 1 heterocycles. The van der Waals surface area contributed by atoms with Crippen molar-refractivity contribution in [1.82, 2.24) is 5.32 Å². The van der Waals surface area contributed by atoms with E-state index in [1.807, 2.05) is 6.92 Å². The summed E-state index contributed by atoms with van der Waals surface area (Å²) < 4.78 is 10.1. The van der Waals surface area contributed by atoms with Crippen LogP contribution in [-0.2, 0) is 23.9 Å². The van der Waals surface area contributed by atoms with Gasteiger partial charge in [-0.3, -0.25) is 9.59 Å². The number of carbonyl (C=O) groups excluding carboxylic acids is 3. The number of hydrogen-bond donors (Lipinski definition) is 2. The summed E-state index contributed by atoms with van der Waals surface area (Å²) in [4.78, 5) is 38.5. The van der Waals surface area contributed by atoms with E-state index in [0.717, 1.165) is 0 Å². The van der Waals surface area contributed by atoms with E-state index in [1.54, 1.807) is 26.0 Å². The summed E-state index contributed by atoms with van der Waals surface area (Å²) in [7, 11) is 1.26. The Morgan fingerprint density at radius 2 is 1.90 bits per heavy atom. The maximum absolute atomic E-state index is 13.4. The molecule has 0 fully saturated rings. The van der Waals surface area contributed by atoms with Crippen molar-refractivity contribution >= 4 is 17.7 Å². The number of phenols is 1. The molecule has 2 N–H and O–H groups in total. The minimum atomic E-state index is -0.929. The Bertz CT molecular complexity index is 912. The number of nitrogens with one attached hydrogen (secondary N) is 1. The topological polar surface area (TPSA) is 102 Å². The summed E-state index contributed by atoms with van der Waals surface area (Å²) in [5.41, 5.74) is 2.66. The number of hydrogen-bond acceptors (Lipinski definition) is 7. The molecule has 0 unspecified atom stereocenters. The van der Waals surface area contributed by atoms with Crippen molar-refractivity contribution in [2.24, 2.45) is 11.8 Å². The summed E-state index contributed by atoms with van der Waals surface area (Å²) in [6.45, 7) is 5.51. The summed E-state index contributed by atoms with van der Waals surface area (Å²) in [6, 6.07) is 6.34. The number of ketones is 1. The summed E-state index contributed by atoms with van der Waals surface area (Å²) in [6.07, 6.45) is 0.475. The van der Waals surface area contributed by atoms with E-state index in [0.29, 0.717) is 34.5 Å². The van der Waals surface area contributed by atoms with Gasteiger partial charge in [-0.05, 0) is 43.9 Å². The molecule has 154 valence electrons. The van der Waals surface area contributed by atoms with Crippen LogP contribution < -0.4 is 5.32 Å². The highest BCUT2D eigenvalue weighted by atomic mass is 16.5. The molecule has 1 aromatic rings. The Balaban J connectivity index is 2.18. The fourth-order valence-corrected chi connectivity index (χ4v) is 4.16. The van der Waals surface area contributed by atoms with E-state index in [9.17, 15) is 19.5 Å². The average molecular weight is 399 g/mol. The van der Waals surface area contributed by atoms with Gasteiger partial charge in [0, 0.05) is 22.9 Å². The molecule has 0 saturated carbocycles. The number of Topliss-reactive ketones (excluding diaryl/α,β-unsaturated/α-hetero) is 1. The van der Waals surface area contributed by atoms with Crippen molar-refractivity contribution in [1.29, 1.82) is 0 Å². The fraction of sp³-hybridized carbons (Fsp3) is 0.409. The number of methoxy groups -OCH3 is 1. The lowest BCUT2D eigenvalue weighted by atomic mass is 9.69. The van der Waals surface area contributed by atoms with Crippen molar-refractivity contribution < 1.29 is 29.0 Å². The van der Waals surface area contributed by atoms with Gasteiger partial charge in [-0.1, -0.05) is 19.1 Å². The summed E-state index contributed by atoms with van der Waals surface area (Å²) >= 11 is 0. The molecule has 7 heteroatoms. The van der Waals surface area contributed by atoms with Crippen LogP contribution in [0.3, 0.4) is 0 Å². The Labute approximate surface area is 169 Å². The highest BCUT2D eigenvalue weighted by Crippen LogP contribution is 2.45. The molecule has 1 aliphatic carbocycles. The van der Waals surface area contributed by atoms with Gasteiger partial charge in [-0.25, -0.2) is 4.79 Å². The Kier molecular flexibility index (Phi) is 5.77. The second-order valence-corrected chi connectivity index (χ2v) is 7.35. The second-order valence-electron chi connectivity index (χ2n) is 7.35. The van der Waals surface area contributed by atoms with Crippen molar-refractivity contribution in [2.75, 3.05) is 13.7 Å². The second kappa shape index (κ2) is 8.11. The van der Waals surface area contributed by atoms with Crippen LogP contribution in [0.1, 0.15) is 38.7 Å². The van der Waals surface area contributed by atoms with Crippen molar-refractivity contribution in [3.63, 3.8) is 0 Å². The van der Waals surface area contributed by atoms with E-state index < -0.39 is 23.8 Å². The Morgan fingerprint density at radius 3 is 2.48 bits per heavy atom. The third kappa shape index (κ3) is 3.64.